The lowest BCUT2D eigenvalue weighted by atomic mass is 10.1. The maximum atomic E-state index is 12.5. The molecule has 2 amide bonds. The highest BCUT2D eigenvalue weighted by Crippen LogP contribution is 2.38. The smallest absolute Gasteiger partial charge is 0.323 e. The summed E-state index contributed by atoms with van der Waals surface area (Å²) in [5.41, 5.74) is 0.862. The number of nitrogens with zero attached hydrogens (tertiary/aromatic N) is 1. The van der Waals surface area contributed by atoms with E-state index in [0.717, 1.165) is 6.42 Å². The van der Waals surface area contributed by atoms with Crippen molar-refractivity contribution in [3.63, 3.8) is 0 Å². The van der Waals surface area contributed by atoms with Crippen LogP contribution in [0.15, 0.2) is 24.3 Å². The molecule has 24 heavy (non-hydrogen) atoms. The van der Waals surface area contributed by atoms with Crippen molar-refractivity contribution in [2.45, 2.75) is 13.3 Å². The molecule has 0 heterocycles. The lowest BCUT2D eigenvalue weighted by molar-refractivity contribution is -0.137. The van der Waals surface area contributed by atoms with Crippen LogP contribution >= 0.6 is 0 Å². The fraction of sp³-hybridized carbons (Fsp3) is 0.471. The highest BCUT2D eigenvalue weighted by molar-refractivity contribution is 5.99. The molecular formula is C17H22N2O5. The molecule has 0 saturated heterocycles. The Labute approximate surface area is 140 Å². The van der Waals surface area contributed by atoms with Gasteiger partial charge in [0.15, 0.2) is 0 Å². The molecule has 0 bridgehead atoms. The number of methoxy groups -OCH3 is 1. The molecule has 0 aliphatic heterocycles. The van der Waals surface area contributed by atoms with Crippen molar-refractivity contribution in [1.82, 2.24) is 4.90 Å². The Morgan fingerprint density at radius 1 is 1.38 bits per heavy atom. The van der Waals surface area contributed by atoms with Gasteiger partial charge < -0.3 is 20.1 Å². The molecule has 1 saturated carbocycles. The predicted molar refractivity (Wildman–Crippen MR) is 87.8 cm³/mol. The number of amides is 2. The number of carboxylic acids is 1. The topological polar surface area (TPSA) is 95.9 Å². The van der Waals surface area contributed by atoms with Gasteiger partial charge in [-0.15, -0.1) is 0 Å². The summed E-state index contributed by atoms with van der Waals surface area (Å²) in [6, 6.07) is 6.53. The highest BCUT2D eigenvalue weighted by Gasteiger charge is 2.39. The predicted octanol–water partition coefficient (Wildman–Crippen LogP) is 1.45. The number of rotatable bonds is 8. The Hall–Kier alpha value is -2.41. The minimum absolute atomic E-state index is 0.0366. The molecule has 1 aliphatic carbocycles. The van der Waals surface area contributed by atoms with E-state index < -0.39 is 18.4 Å². The van der Waals surface area contributed by atoms with Gasteiger partial charge in [0.25, 0.3) is 5.91 Å². The Kier molecular flexibility index (Phi) is 5.92. The maximum Gasteiger partial charge on any atom is 0.323 e. The van der Waals surface area contributed by atoms with E-state index in [-0.39, 0.29) is 25.0 Å². The zero-order valence-corrected chi connectivity index (χ0v) is 13.8. The quantitative estimate of drug-likeness (QED) is 0.750. The van der Waals surface area contributed by atoms with Crippen molar-refractivity contribution in [2.24, 2.45) is 11.8 Å². The fourth-order valence-electron chi connectivity index (χ4n) is 2.45. The first kappa shape index (κ1) is 17.9. The average Bonchev–Trinajstić information content (AvgIpc) is 3.27. The standard InChI is InChI=1S/C17H22N2O5/c1-11-8-14(11)16(22)18-13-5-3-4-12(9-13)17(23)19(6-7-24-2)10-15(20)21/h3-5,9,11,14H,6-8,10H2,1-2H3,(H,18,22)(H,20,21). The first-order valence-corrected chi connectivity index (χ1v) is 7.83. The number of carboxylic acid groups (broad SMARTS) is 1. The Bertz CT molecular complexity index is 631. The third-order valence-corrected chi connectivity index (χ3v) is 4.00. The highest BCUT2D eigenvalue weighted by atomic mass is 16.5. The lowest BCUT2D eigenvalue weighted by Gasteiger charge is -2.20. The molecule has 7 nitrogen and oxygen atoms in total. The zero-order valence-electron chi connectivity index (χ0n) is 13.8. The van der Waals surface area contributed by atoms with Crippen LogP contribution in [-0.2, 0) is 14.3 Å². The summed E-state index contributed by atoms with van der Waals surface area (Å²) in [5.74, 6) is -1.12. The van der Waals surface area contributed by atoms with E-state index in [9.17, 15) is 14.4 Å². The zero-order chi connectivity index (χ0) is 17.7. The molecule has 2 unspecified atom stereocenters. The number of ether oxygens (including phenoxy) is 1. The van der Waals surface area contributed by atoms with Gasteiger partial charge in [0.05, 0.1) is 6.61 Å². The van der Waals surface area contributed by atoms with E-state index in [4.69, 9.17) is 9.84 Å². The van der Waals surface area contributed by atoms with Crippen LogP contribution in [0.5, 0.6) is 0 Å². The second-order valence-electron chi connectivity index (χ2n) is 6.00. The van der Waals surface area contributed by atoms with Gasteiger partial charge in [-0.2, -0.15) is 0 Å². The van der Waals surface area contributed by atoms with E-state index in [1.807, 2.05) is 6.92 Å². The second kappa shape index (κ2) is 7.92. The van der Waals surface area contributed by atoms with Crippen LogP contribution in [0.25, 0.3) is 0 Å². The summed E-state index contributed by atoms with van der Waals surface area (Å²) in [6.45, 7) is 2.04. The maximum absolute atomic E-state index is 12.5. The van der Waals surface area contributed by atoms with Gasteiger partial charge in [0, 0.05) is 30.8 Å². The summed E-state index contributed by atoms with van der Waals surface area (Å²) in [4.78, 5) is 36.6. The van der Waals surface area contributed by atoms with Crippen molar-refractivity contribution < 1.29 is 24.2 Å². The van der Waals surface area contributed by atoms with Crippen molar-refractivity contribution in [1.29, 1.82) is 0 Å². The first-order chi connectivity index (χ1) is 11.4. The van der Waals surface area contributed by atoms with Crippen molar-refractivity contribution >= 4 is 23.5 Å². The summed E-state index contributed by atoms with van der Waals surface area (Å²) in [7, 11) is 1.48. The van der Waals surface area contributed by atoms with Crippen LogP contribution in [0, 0.1) is 11.8 Å². The van der Waals surface area contributed by atoms with Gasteiger partial charge in [-0.25, -0.2) is 0 Å². The normalized spacial score (nSPS) is 18.8. The Morgan fingerprint density at radius 3 is 2.67 bits per heavy atom. The summed E-state index contributed by atoms with van der Waals surface area (Å²) in [5, 5.41) is 11.8. The van der Waals surface area contributed by atoms with E-state index in [2.05, 4.69) is 5.32 Å². The fourth-order valence-corrected chi connectivity index (χ4v) is 2.45. The second-order valence-corrected chi connectivity index (χ2v) is 6.00. The number of nitrogens with one attached hydrogen (secondary N) is 1. The molecule has 0 spiro atoms. The average molecular weight is 334 g/mol. The molecule has 7 heteroatoms. The molecule has 2 rings (SSSR count). The van der Waals surface area contributed by atoms with Gasteiger partial charge in [0.2, 0.25) is 5.91 Å². The Morgan fingerprint density at radius 2 is 2.08 bits per heavy atom. The first-order valence-electron chi connectivity index (χ1n) is 7.83. The lowest BCUT2D eigenvalue weighted by Crippen LogP contribution is -2.38. The SMILES string of the molecule is COCCN(CC(=O)O)C(=O)c1cccc(NC(=O)C2CC2C)c1. The molecule has 2 N–H and O–H groups in total. The Balaban J connectivity index is 2.08. The van der Waals surface area contributed by atoms with E-state index in [1.165, 1.54) is 12.0 Å². The number of carbonyl (C=O) groups is 3. The van der Waals surface area contributed by atoms with Crippen LogP contribution in [0.2, 0.25) is 0 Å². The van der Waals surface area contributed by atoms with E-state index in [1.54, 1.807) is 24.3 Å². The summed E-state index contributed by atoms with van der Waals surface area (Å²) >= 11 is 0. The van der Waals surface area contributed by atoms with Crippen molar-refractivity contribution in [2.75, 3.05) is 32.1 Å². The third-order valence-electron chi connectivity index (χ3n) is 4.00. The van der Waals surface area contributed by atoms with Crippen molar-refractivity contribution in [3.05, 3.63) is 29.8 Å². The molecule has 1 aliphatic rings. The molecule has 130 valence electrons. The van der Waals surface area contributed by atoms with Crippen LogP contribution < -0.4 is 5.32 Å². The van der Waals surface area contributed by atoms with Gasteiger partial charge >= 0.3 is 5.97 Å². The third kappa shape index (κ3) is 4.79. The number of benzene rings is 1. The molecule has 1 aromatic carbocycles. The van der Waals surface area contributed by atoms with Gasteiger partial charge in [-0.3, -0.25) is 14.4 Å². The molecule has 0 radical (unpaired) electrons. The summed E-state index contributed by atoms with van der Waals surface area (Å²) < 4.78 is 4.92. The molecule has 1 fully saturated rings. The minimum Gasteiger partial charge on any atom is -0.480 e. The van der Waals surface area contributed by atoms with Gasteiger partial charge in [0.1, 0.15) is 6.54 Å². The minimum atomic E-state index is -1.09. The number of aliphatic carboxylic acids is 1. The van der Waals surface area contributed by atoms with E-state index >= 15 is 0 Å². The van der Waals surface area contributed by atoms with Crippen LogP contribution in [0.1, 0.15) is 23.7 Å². The number of hydrogen-bond donors (Lipinski definition) is 2. The van der Waals surface area contributed by atoms with Gasteiger partial charge in [-0.05, 0) is 30.5 Å². The van der Waals surface area contributed by atoms with Crippen LogP contribution in [0.3, 0.4) is 0 Å². The summed E-state index contributed by atoms with van der Waals surface area (Å²) in [6.07, 6.45) is 0.883. The molecular weight excluding hydrogens is 312 g/mol. The number of anilines is 1. The molecule has 2 atom stereocenters. The van der Waals surface area contributed by atoms with Gasteiger partial charge in [-0.1, -0.05) is 13.0 Å². The van der Waals surface area contributed by atoms with Crippen LogP contribution in [-0.4, -0.2) is 54.6 Å². The largest absolute Gasteiger partial charge is 0.480 e. The van der Waals surface area contributed by atoms with E-state index in [0.29, 0.717) is 17.2 Å². The molecule has 1 aromatic rings. The number of carbonyl (C=O) groups excluding carboxylic acids is 2. The number of hydrogen-bond acceptors (Lipinski definition) is 4. The van der Waals surface area contributed by atoms with Crippen LogP contribution in [0.4, 0.5) is 5.69 Å². The van der Waals surface area contributed by atoms with Crippen molar-refractivity contribution in [3.8, 4) is 0 Å². The monoisotopic (exact) mass is 334 g/mol. The molecule has 0 aromatic heterocycles.